The van der Waals surface area contributed by atoms with Crippen molar-refractivity contribution in [2.24, 2.45) is 0 Å². The number of carbonyl (C=O) groups excluding carboxylic acids is 1. The van der Waals surface area contributed by atoms with Crippen LogP contribution in [0.25, 0.3) is 33.3 Å². The number of aromatic nitrogens is 5. The highest BCUT2D eigenvalue weighted by molar-refractivity contribution is 5.98. The third-order valence-electron chi connectivity index (χ3n) is 10.7. The van der Waals surface area contributed by atoms with Gasteiger partial charge in [0, 0.05) is 66.4 Å². The van der Waals surface area contributed by atoms with Crippen molar-refractivity contribution in [3.05, 3.63) is 66.2 Å². The van der Waals surface area contributed by atoms with Crippen molar-refractivity contribution in [2.45, 2.75) is 96.6 Å². The number of aryl methyl sites for hydroxylation is 1. The van der Waals surface area contributed by atoms with E-state index in [2.05, 4.69) is 29.8 Å². The second-order valence-corrected chi connectivity index (χ2v) is 15.8. The van der Waals surface area contributed by atoms with Crippen LogP contribution < -0.4 is 24.8 Å². The van der Waals surface area contributed by atoms with E-state index in [-0.39, 0.29) is 24.3 Å². The van der Waals surface area contributed by atoms with Crippen molar-refractivity contribution in [2.75, 3.05) is 45.1 Å². The number of aliphatic hydroxyl groups is 1. The molecule has 2 aromatic carbocycles. The smallest absolute Gasteiger partial charge is 0.410 e. The lowest BCUT2D eigenvalue weighted by molar-refractivity contribution is 0.0184. The number of rotatable bonds is 12. The maximum Gasteiger partial charge on any atom is 0.410 e. The molecular weight excluding hydrogens is 725 g/mol. The van der Waals surface area contributed by atoms with Gasteiger partial charge in [-0.1, -0.05) is 13.0 Å². The average Bonchev–Trinajstić information content (AvgIpc) is 3.88. The SMILES string of the molecule is CCc1nc2c(NCc3ccc(OC)cc3OC)ncc(-c3ccc(-c4cnn(C5CCN(C(=O)OC(C)(C)C)CC5)c4)c(OC)c3)c2nc1N[C@@H]1CC[C@H](O)C1. The molecule has 0 unspecified atom stereocenters. The van der Waals surface area contributed by atoms with E-state index in [1.165, 1.54) is 0 Å². The second kappa shape index (κ2) is 16.8. The molecule has 4 heterocycles. The lowest BCUT2D eigenvalue weighted by Gasteiger charge is -2.33. The maximum atomic E-state index is 12.6. The lowest BCUT2D eigenvalue weighted by atomic mass is 10.0. The molecule has 14 heteroatoms. The first-order chi connectivity index (χ1) is 27.5. The highest BCUT2D eigenvalue weighted by Crippen LogP contribution is 2.39. The number of likely N-dealkylation sites (tertiary alicyclic amines) is 1. The number of benzene rings is 2. The van der Waals surface area contributed by atoms with Crippen LogP contribution in [0.3, 0.4) is 0 Å². The van der Waals surface area contributed by atoms with Crippen LogP contribution in [0.2, 0.25) is 0 Å². The van der Waals surface area contributed by atoms with Crippen LogP contribution >= 0.6 is 0 Å². The molecule has 5 aromatic rings. The number of nitrogens with one attached hydrogen (secondary N) is 2. The normalized spacial score (nSPS) is 17.4. The first-order valence-electron chi connectivity index (χ1n) is 19.8. The van der Waals surface area contributed by atoms with Gasteiger partial charge < -0.3 is 39.6 Å². The zero-order valence-electron chi connectivity index (χ0n) is 34.0. The molecule has 1 aliphatic heterocycles. The number of pyridine rings is 1. The van der Waals surface area contributed by atoms with Gasteiger partial charge in [-0.15, -0.1) is 0 Å². The van der Waals surface area contributed by atoms with Crippen LogP contribution in [0, 0.1) is 0 Å². The highest BCUT2D eigenvalue weighted by atomic mass is 16.6. The molecule has 7 rings (SSSR count). The number of amides is 1. The van der Waals surface area contributed by atoms with Crippen LogP contribution in [0.4, 0.5) is 16.4 Å². The summed E-state index contributed by atoms with van der Waals surface area (Å²) >= 11 is 0. The minimum atomic E-state index is -0.524. The van der Waals surface area contributed by atoms with Crippen LogP contribution in [0.15, 0.2) is 55.0 Å². The van der Waals surface area contributed by atoms with E-state index in [1.807, 2.05) is 68.2 Å². The summed E-state index contributed by atoms with van der Waals surface area (Å²) < 4.78 is 24.6. The van der Waals surface area contributed by atoms with E-state index >= 15 is 0 Å². The molecule has 0 bridgehead atoms. The van der Waals surface area contributed by atoms with Crippen molar-refractivity contribution in [1.82, 2.24) is 29.6 Å². The summed E-state index contributed by atoms with van der Waals surface area (Å²) in [4.78, 5) is 29.7. The highest BCUT2D eigenvalue weighted by Gasteiger charge is 2.29. The monoisotopic (exact) mass is 778 g/mol. The number of fused-ring (bicyclic) bond motifs is 1. The largest absolute Gasteiger partial charge is 0.497 e. The topological polar surface area (TPSA) is 158 Å². The number of carbonyl (C=O) groups is 1. The van der Waals surface area contributed by atoms with Gasteiger partial charge in [0.2, 0.25) is 0 Å². The minimum Gasteiger partial charge on any atom is -0.497 e. The molecule has 1 saturated heterocycles. The number of methoxy groups -OCH3 is 3. The molecule has 302 valence electrons. The number of aliphatic hydroxyl groups excluding tert-OH is 1. The van der Waals surface area contributed by atoms with Crippen LogP contribution in [-0.4, -0.2) is 93.0 Å². The van der Waals surface area contributed by atoms with Gasteiger partial charge in [0.05, 0.1) is 45.4 Å². The van der Waals surface area contributed by atoms with Crippen LogP contribution in [0.1, 0.15) is 77.1 Å². The standard InChI is InChI=1S/C43H54N8O6/c1-8-35-40(47-29-11-12-31(52)20-29)49-38-34(24-45-41(39(38)48-35)44-22-27-9-13-32(54-5)21-36(27)55-6)26-10-14-33(37(19-26)56-7)28-23-46-51(25-28)30-15-17-50(18-16-30)42(53)57-43(2,3)4/h9-10,13-14,19,21,23-25,29-31,52H,8,11-12,15-18,20,22H2,1-7H3,(H,44,45)(H,47,49)/t29-,31+/m1/s1. The Bertz CT molecular complexity index is 2210. The summed E-state index contributed by atoms with van der Waals surface area (Å²) in [6.45, 7) is 9.38. The first kappa shape index (κ1) is 39.6. The van der Waals surface area contributed by atoms with Gasteiger partial charge in [-0.3, -0.25) is 4.68 Å². The predicted molar refractivity (Wildman–Crippen MR) is 220 cm³/mol. The van der Waals surface area contributed by atoms with Crippen molar-refractivity contribution >= 4 is 28.8 Å². The van der Waals surface area contributed by atoms with Crippen LogP contribution in [-0.2, 0) is 17.7 Å². The molecule has 1 aliphatic carbocycles. The van der Waals surface area contributed by atoms with Crippen molar-refractivity contribution in [3.63, 3.8) is 0 Å². The molecule has 0 radical (unpaired) electrons. The number of piperidine rings is 1. The molecule has 1 saturated carbocycles. The van der Waals surface area contributed by atoms with Crippen molar-refractivity contribution in [1.29, 1.82) is 0 Å². The Balaban J connectivity index is 1.19. The summed E-state index contributed by atoms with van der Waals surface area (Å²) in [5.74, 6) is 3.42. The predicted octanol–water partition coefficient (Wildman–Crippen LogP) is 7.65. The minimum absolute atomic E-state index is 0.111. The fraction of sp³-hybridized carbons (Fsp3) is 0.465. The first-order valence-corrected chi connectivity index (χ1v) is 19.8. The van der Waals surface area contributed by atoms with Gasteiger partial charge in [0.15, 0.2) is 5.82 Å². The van der Waals surface area contributed by atoms with E-state index in [0.29, 0.717) is 72.4 Å². The fourth-order valence-electron chi connectivity index (χ4n) is 7.65. The molecule has 57 heavy (non-hydrogen) atoms. The van der Waals surface area contributed by atoms with Gasteiger partial charge in [0.25, 0.3) is 0 Å². The van der Waals surface area contributed by atoms with Gasteiger partial charge >= 0.3 is 6.09 Å². The molecule has 2 fully saturated rings. The van der Waals surface area contributed by atoms with Crippen LogP contribution in [0.5, 0.6) is 17.2 Å². The number of hydrogen-bond acceptors (Lipinski definition) is 12. The number of ether oxygens (including phenoxy) is 4. The summed E-state index contributed by atoms with van der Waals surface area (Å²) in [6, 6.07) is 12.1. The maximum absolute atomic E-state index is 12.6. The van der Waals surface area contributed by atoms with Gasteiger partial charge in [-0.05, 0) is 89.1 Å². The molecule has 2 atom stereocenters. The van der Waals surface area contributed by atoms with Gasteiger partial charge in [-0.25, -0.2) is 19.7 Å². The Morgan fingerprint density at radius 3 is 2.35 bits per heavy atom. The van der Waals surface area contributed by atoms with Gasteiger partial charge in [-0.2, -0.15) is 5.10 Å². The van der Waals surface area contributed by atoms with E-state index in [4.69, 9.17) is 39.0 Å². The molecule has 3 aromatic heterocycles. The molecule has 0 spiro atoms. The average molecular weight is 779 g/mol. The van der Waals surface area contributed by atoms with E-state index in [9.17, 15) is 9.90 Å². The zero-order chi connectivity index (χ0) is 40.3. The fourth-order valence-corrected chi connectivity index (χ4v) is 7.65. The Labute approximate surface area is 333 Å². The Morgan fingerprint density at radius 1 is 0.877 bits per heavy atom. The summed E-state index contributed by atoms with van der Waals surface area (Å²) in [6.07, 6.45) is 9.69. The lowest BCUT2D eigenvalue weighted by Crippen LogP contribution is -2.42. The number of hydrogen-bond donors (Lipinski definition) is 3. The Hall–Kier alpha value is -5.63. The second-order valence-electron chi connectivity index (χ2n) is 15.8. The Kier molecular flexibility index (Phi) is 11.7. The van der Waals surface area contributed by atoms with E-state index < -0.39 is 5.60 Å². The van der Waals surface area contributed by atoms with Gasteiger partial charge in [0.1, 0.15) is 39.7 Å². The van der Waals surface area contributed by atoms with E-state index in [0.717, 1.165) is 59.2 Å². The zero-order valence-corrected chi connectivity index (χ0v) is 34.0. The quantitative estimate of drug-likeness (QED) is 0.114. The molecule has 3 N–H and O–H groups in total. The molecule has 1 amide bonds. The molecule has 2 aliphatic rings. The Morgan fingerprint density at radius 2 is 1.67 bits per heavy atom. The molecule has 14 nitrogen and oxygen atoms in total. The van der Waals surface area contributed by atoms with Crippen molar-refractivity contribution < 1.29 is 28.8 Å². The summed E-state index contributed by atoms with van der Waals surface area (Å²) in [5, 5.41) is 22.1. The summed E-state index contributed by atoms with van der Waals surface area (Å²) in [7, 11) is 4.94. The number of anilines is 2. The summed E-state index contributed by atoms with van der Waals surface area (Å²) in [5.41, 5.74) is 6.10. The van der Waals surface area contributed by atoms with E-state index in [1.54, 1.807) is 26.2 Å². The molecular formula is C43H54N8O6. The third-order valence-corrected chi connectivity index (χ3v) is 10.7. The third kappa shape index (κ3) is 8.85. The van der Waals surface area contributed by atoms with Crippen molar-refractivity contribution in [3.8, 4) is 39.5 Å². The number of nitrogens with zero attached hydrogens (tertiary/aromatic N) is 6.